The predicted molar refractivity (Wildman–Crippen MR) is 66.8 cm³/mol. The van der Waals surface area contributed by atoms with Gasteiger partial charge in [0, 0.05) is 6.07 Å². The molecule has 96 valence electrons. The molecule has 3 nitrogen and oxygen atoms in total. The zero-order valence-corrected chi connectivity index (χ0v) is 11.1. The van der Waals surface area contributed by atoms with Gasteiger partial charge in [0.15, 0.2) is 11.0 Å². The van der Waals surface area contributed by atoms with Crippen molar-refractivity contribution in [1.82, 2.24) is 0 Å². The van der Waals surface area contributed by atoms with E-state index in [4.69, 9.17) is 9.15 Å². The first-order chi connectivity index (χ1) is 8.34. The van der Waals surface area contributed by atoms with Gasteiger partial charge in [-0.05, 0) is 34.7 Å². The van der Waals surface area contributed by atoms with Gasteiger partial charge in [-0.15, -0.1) is 0 Å². The minimum Gasteiger partial charge on any atom is -0.496 e. The van der Waals surface area contributed by atoms with Gasteiger partial charge in [0.05, 0.1) is 16.1 Å². The third kappa shape index (κ3) is 2.18. The number of methoxy groups -OCH3 is 1. The number of fused-ring (bicyclic) bond motifs is 1. The van der Waals surface area contributed by atoms with Crippen LogP contribution in [0.3, 0.4) is 0 Å². The van der Waals surface area contributed by atoms with E-state index in [1.807, 2.05) is 0 Å². The number of halogens is 4. The second-order valence-corrected chi connectivity index (χ2v) is 4.51. The Morgan fingerprint density at radius 1 is 1.33 bits per heavy atom. The molecule has 18 heavy (non-hydrogen) atoms. The first-order valence-corrected chi connectivity index (χ1v) is 5.80. The number of hydrogen-bond donors (Lipinski definition) is 0. The number of rotatable bonds is 1. The highest BCUT2D eigenvalue weighted by Crippen LogP contribution is 2.33. The molecule has 0 aliphatic heterocycles. The topological polar surface area (TPSA) is 39.4 Å². The molecule has 0 atom stereocenters. The van der Waals surface area contributed by atoms with Crippen LogP contribution in [0.15, 0.2) is 27.4 Å². The van der Waals surface area contributed by atoms with Gasteiger partial charge in [0.1, 0.15) is 5.75 Å². The van der Waals surface area contributed by atoms with Gasteiger partial charge < -0.3 is 9.15 Å². The molecule has 7 heteroatoms. The van der Waals surface area contributed by atoms with Gasteiger partial charge in [-0.2, -0.15) is 13.2 Å². The lowest BCUT2D eigenvalue weighted by atomic mass is 10.2. The molecule has 2 rings (SSSR count). The average molecular weight is 370 g/mol. The van der Waals surface area contributed by atoms with Crippen molar-refractivity contribution < 1.29 is 22.3 Å². The Kier molecular flexibility index (Phi) is 3.26. The van der Waals surface area contributed by atoms with Gasteiger partial charge in [-0.25, -0.2) is 0 Å². The molecular formula is C11H6F3IO3. The molecule has 0 bridgehead atoms. The van der Waals surface area contributed by atoms with E-state index in [1.54, 1.807) is 22.6 Å². The number of ether oxygens (including phenoxy) is 1. The number of alkyl halides is 3. The van der Waals surface area contributed by atoms with Gasteiger partial charge in [0.25, 0.3) is 0 Å². The van der Waals surface area contributed by atoms with E-state index in [2.05, 4.69) is 0 Å². The second-order valence-electron chi connectivity index (χ2n) is 3.43. The van der Waals surface area contributed by atoms with Crippen molar-refractivity contribution in [3.8, 4) is 5.75 Å². The summed E-state index contributed by atoms with van der Waals surface area (Å²) in [5, 5.41) is 0.0909. The van der Waals surface area contributed by atoms with E-state index in [-0.39, 0.29) is 11.0 Å². The first kappa shape index (κ1) is 13.2. The summed E-state index contributed by atoms with van der Waals surface area (Å²) in [4.78, 5) is 11.6. The molecule has 0 unspecified atom stereocenters. The molecule has 0 amide bonds. The maximum absolute atomic E-state index is 12.5. The second kappa shape index (κ2) is 4.45. The summed E-state index contributed by atoms with van der Waals surface area (Å²) in [7, 11) is 1.38. The molecule has 0 spiro atoms. The van der Waals surface area contributed by atoms with Gasteiger partial charge in [0.2, 0.25) is 5.76 Å². The van der Waals surface area contributed by atoms with E-state index in [0.29, 0.717) is 15.4 Å². The molecular weight excluding hydrogens is 364 g/mol. The minimum atomic E-state index is -4.69. The average Bonchev–Trinajstić information content (AvgIpc) is 2.29. The Labute approximate surface area is 113 Å². The fourth-order valence-electron chi connectivity index (χ4n) is 1.47. The van der Waals surface area contributed by atoms with E-state index >= 15 is 0 Å². The lowest BCUT2D eigenvalue weighted by molar-refractivity contribution is -0.152. The van der Waals surface area contributed by atoms with Crippen LogP contribution < -0.4 is 10.2 Å². The predicted octanol–water partition coefficient (Wildman–Crippen LogP) is 3.43. The van der Waals surface area contributed by atoms with Crippen LogP contribution in [-0.4, -0.2) is 7.11 Å². The quantitative estimate of drug-likeness (QED) is 0.723. The van der Waals surface area contributed by atoms with E-state index in [1.165, 1.54) is 19.2 Å². The molecule has 0 fully saturated rings. The van der Waals surface area contributed by atoms with Crippen LogP contribution in [-0.2, 0) is 6.18 Å². The molecule has 0 N–H and O–H groups in total. The SMILES string of the molecule is COc1ccc2c(=O)cc(C(F)(F)F)oc2c1I. The van der Waals surface area contributed by atoms with Crippen molar-refractivity contribution in [3.63, 3.8) is 0 Å². The molecule has 0 saturated carbocycles. The Balaban J connectivity index is 2.85. The van der Waals surface area contributed by atoms with Crippen LogP contribution in [0.5, 0.6) is 5.75 Å². The maximum Gasteiger partial charge on any atom is 0.449 e. The number of hydrogen-bond acceptors (Lipinski definition) is 3. The van der Waals surface area contributed by atoms with Crippen molar-refractivity contribution in [2.45, 2.75) is 6.18 Å². The summed E-state index contributed by atoms with van der Waals surface area (Å²) in [6.45, 7) is 0. The molecule has 0 saturated heterocycles. The van der Waals surface area contributed by atoms with Crippen molar-refractivity contribution in [3.05, 3.63) is 37.8 Å². The highest BCUT2D eigenvalue weighted by Gasteiger charge is 2.35. The van der Waals surface area contributed by atoms with Crippen LogP contribution in [0.2, 0.25) is 0 Å². The monoisotopic (exact) mass is 370 g/mol. The summed E-state index contributed by atoms with van der Waals surface area (Å²) in [5.41, 5.74) is -0.848. The Bertz CT molecular complexity index is 661. The molecule has 1 heterocycles. The standard InChI is InChI=1S/C11H6F3IO3/c1-17-7-3-2-5-6(16)4-8(11(12,13)14)18-10(5)9(7)15/h2-4H,1H3. The molecule has 1 aromatic carbocycles. The largest absolute Gasteiger partial charge is 0.496 e. The van der Waals surface area contributed by atoms with Crippen LogP contribution in [0, 0.1) is 3.57 Å². The normalized spacial score (nSPS) is 11.8. The fourth-order valence-corrected chi connectivity index (χ4v) is 2.27. The third-order valence-corrected chi connectivity index (χ3v) is 3.32. The van der Waals surface area contributed by atoms with Crippen molar-refractivity contribution in [2.75, 3.05) is 7.11 Å². The Morgan fingerprint density at radius 2 is 2.00 bits per heavy atom. The van der Waals surface area contributed by atoms with Crippen LogP contribution >= 0.6 is 22.6 Å². The summed E-state index contributed by atoms with van der Waals surface area (Å²) in [6.07, 6.45) is -4.69. The number of benzene rings is 1. The zero-order chi connectivity index (χ0) is 13.5. The van der Waals surface area contributed by atoms with Crippen LogP contribution in [0.1, 0.15) is 5.76 Å². The van der Waals surface area contributed by atoms with Crippen molar-refractivity contribution in [1.29, 1.82) is 0 Å². The smallest absolute Gasteiger partial charge is 0.449 e. The minimum absolute atomic E-state index is 0.0909. The highest BCUT2D eigenvalue weighted by molar-refractivity contribution is 14.1. The maximum atomic E-state index is 12.5. The van der Waals surface area contributed by atoms with Crippen molar-refractivity contribution >= 4 is 33.6 Å². The summed E-state index contributed by atoms with van der Waals surface area (Å²) in [6, 6.07) is 3.33. The Hall–Kier alpha value is -1.25. The third-order valence-electron chi connectivity index (χ3n) is 2.30. The molecule has 0 aliphatic carbocycles. The highest BCUT2D eigenvalue weighted by atomic mass is 127. The van der Waals surface area contributed by atoms with Crippen molar-refractivity contribution in [2.24, 2.45) is 0 Å². The van der Waals surface area contributed by atoms with Gasteiger partial charge >= 0.3 is 6.18 Å². The molecule has 1 aromatic heterocycles. The first-order valence-electron chi connectivity index (χ1n) is 4.72. The molecule has 2 aromatic rings. The van der Waals surface area contributed by atoms with E-state index in [9.17, 15) is 18.0 Å². The van der Waals surface area contributed by atoms with Gasteiger partial charge in [-0.1, -0.05) is 0 Å². The van der Waals surface area contributed by atoms with E-state index < -0.39 is 17.4 Å². The lowest BCUT2D eigenvalue weighted by Crippen LogP contribution is -2.11. The summed E-state index contributed by atoms with van der Waals surface area (Å²) >= 11 is 1.78. The molecule has 0 aliphatic rings. The molecule has 0 radical (unpaired) electrons. The zero-order valence-electron chi connectivity index (χ0n) is 8.97. The Morgan fingerprint density at radius 3 is 2.56 bits per heavy atom. The van der Waals surface area contributed by atoms with Gasteiger partial charge in [-0.3, -0.25) is 4.79 Å². The van der Waals surface area contributed by atoms with Crippen LogP contribution in [0.25, 0.3) is 11.0 Å². The summed E-state index contributed by atoms with van der Waals surface area (Å²) < 4.78 is 47.7. The van der Waals surface area contributed by atoms with E-state index in [0.717, 1.165) is 0 Å². The van der Waals surface area contributed by atoms with Crippen LogP contribution in [0.4, 0.5) is 13.2 Å². The summed E-state index contributed by atoms with van der Waals surface area (Å²) in [5.74, 6) is -0.961. The lowest BCUT2D eigenvalue weighted by Gasteiger charge is -2.09. The fraction of sp³-hybridized carbons (Fsp3) is 0.182.